The third kappa shape index (κ3) is 4.27. The maximum Gasteiger partial charge on any atom is 0.224 e. The lowest BCUT2D eigenvalue weighted by molar-refractivity contribution is -0.116. The Balaban J connectivity index is 1.55. The minimum absolute atomic E-state index is 0.00476. The second-order valence-electron chi connectivity index (χ2n) is 5.35. The van der Waals surface area contributed by atoms with Gasteiger partial charge in [-0.2, -0.15) is 0 Å². The van der Waals surface area contributed by atoms with Crippen molar-refractivity contribution < 1.29 is 4.79 Å². The van der Waals surface area contributed by atoms with Crippen LogP contribution in [0.1, 0.15) is 12.0 Å². The molecule has 0 fully saturated rings. The molecule has 3 heteroatoms. The number of benzene rings is 2. The highest BCUT2D eigenvalue weighted by Gasteiger charge is 2.04. The topological polar surface area (TPSA) is 42.0 Å². The van der Waals surface area contributed by atoms with E-state index in [1.165, 1.54) is 11.1 Å². The van der Waals surface area contributed by atoms with Gasteiger partial charge >= 0.3 is 0 Å². The smallest absolute Gasteiger partial charge is 0.224 e. The Kier molecular flexibility index (Phi) is 4.79. The Bertz CT molecular complexity index is 753. The summed E-state index contributed by atoms with van der Waals surface area (Å²) in [5.74, 6) is 0.00476. The molecular formula is C20H18N2O. The van der Waals surface area contributed by atoms with Gasteiger partial charge < -0.3 is 5.32 Å². The average Bonchev–Trinajstić information content (AvgIpc) is 2.62. The number of amides is 1. The van der Waals surface area contributed by atoms with Gasteiger partial charge in [-0.1, -0.05) is 54.6 Å². The van der Waals surface area contributed by atoms with Crippen molar-refractivity contribution >= 4 is 11.6 Å². The zero-order chi connectivity index (χ0) is 15.9. The van der Waals surface area contributed by atoms with E-state index in [0.29, 0.717) is 6.42 Å². The van der Waals surface area contributed by atoms with Crippen molar-refractivity contribution in [3.8, 4) is 11.1 Å². The van der Waals surface area contributed by atoms with Crippen LogP contribution in [0.25, 0.3) is 11.1 Å². The van der Waals surface area contributed by atoms with Crippen molar-refractivity contribution in [1.29, 1.82) is 0 Å². The summed E-state index contributed by atoms with van der Waals surface area (Å²) in [5.41, 5.74) is 4.28. The summed E-state index contributed by atoms with van der Waals surface area (Å²) in [4.78, 5) is 15.9. The number of carbonyl (C=O) groups excluding carboxylic acids is 1. The van der Waals surface area contributed by atoms with E-state index in [9.17, 15) is 4.79 Å². The van der Waals surface area contributed by atoms with Gasteiger partial charge in [-0.05, 0) is 35.2 Å². The van der Waals surface area contributed by atoms with Crippen LogP contribution >= 0.6 is 0 Å². The number of hydrogen-bond donors (Lipinski definition) is 1. The highest BCUT2D eigenvalue weighted by atomic mass is 16.1. The minimum Gasteiger partial charge on any atom is -0.325 e. The van der Waals surface area contributed by atoms with E-state index < -0.39 is 0 Å². The van der Waals surface area contributed by atoms with Gasteiger partial charge in [0, 0.05) is 12.6 Å². The van der Waals surface area contributed by atoms with Crippen LogP contribution in [0, 0.1) is 0 Å². The molecule has 114 valence electrons. The molecule has 3 aromatic rings. The normalized spacial score (nSPS) is 10.3. The number of nitrogens with zero attached hydrogens (tertiary/aromatic N) is 1. The molecule has 0 aliphatic carbocycles. The van der Waals surface area contributed by atoms with Gasteiger partial charge in [-0.3, -0.25) is 9.78 Å². The zero-order valence-corrected chi connectivity index (χ0v) is 12.8. The number of carbonyl (C=O) groups is 1. The van der Waals surface area contributed by atoms with Crippen molar-refractivity contribution in [3.05, 3.63) is 84.7 Å². The van der Waals surface area contributed by atoms with Crippen LogP contribution in [0.15, 0.2) is 79.1 Å². The van der Waals surface area contributed by atoms with Crippen LogP contribution in [0.5, 0.6) is 0 Å². The predicted octanol–water partition coefficient (Wildman–Crippen LogP) is 4.32. The summed E-state index contributed by atoms with van der Waals surface area (Å²) in [6.45, 7) is 0. The minimum atomic E-state index is 0.00476. The number of nitrogens with one attached hydrogen (secondary N) is 1. The van der Waals surface area contributed by atoms with E-state index in [-0.39, 0.29) is 5.91 Å². The highest BCUT2D eigenvalue weighted by molar-refractivity contribution is 5.90. The molecular weight excluding hydrogens is 284 g/mol. The monoisotopic (exact) mass is 302 g/mol. The number of hydrogen-bond acceptors (Lipinski definition) is 2. The van der Waals surface area contributed by atoms with Crippen molar-refractivity contribution in [2.45, 2.75) is 12.8 Å². The first kappa shape index (κ1) is 15.0. The molecule has 0 spiro atoms. The molecule has 0 saturated carbocycles. The van der Waals surface area contributed by atoms with Gasteiger partial charge in [-0.25, -0.2) is 0 Å². The third-order valence-electron chi connectivity index (χ3n) is 3.65. The Labute approximate surface area is 136 Å². The first-order valence-corrected chi connectivity index (χ1v) is 7.65. The maximum absolute atomic E-state index is 11.9. The Morgan fingerprint density at radius 1 is 0.870 bits per heavy atom. The summed E-state index contributed by atoms with van der Waals surface area (Å²) in [6.07, 6.45) is 4.51. The molecule has 3 rings (SSSR count). The number of aromatic nitrogens is 1. The molecule has 1 amide bonds. The predicted molar refractivity (Wildman–Crippen MR) is 93.1 cm³/mol. The van der Waals surface area contributed by atoms with Gasteiger partial charge in [0.1, 0.15) is 0 Å². The molecule has 3 nitrogen and oxygen atoms in total. The number of aryl methyl sites for hydroxylation is 1. The van der Waals surface area contributed by atoms with Gasteiger partial charge in [0.2, 0.25) is 5.91 Å². The van der Waals surface area contributed by atoms with Crippen LogP contribution in [0.2, 0.25) is 0 Å². The van der Waals surface area contributed by atoms with Crippen LogP contribution in [-0.4, -0.2) is 10.9 Å². The van der Waals surface area contributed by atoms with E-state index >= 15 is 0 Å². The second-order valence-corrected chi connectivity index (χ2v) is 5.35. The highest BCUT2D eigenvalue weighted by Crippen LogP contribution is 2.19. The van der Waals surface area contributed by atoms with Gasteiger partial charge in [0.05, 0.1) is 11.9 Å². The van der Waals surface area contributed by atoms with E-state index in [1.54, 1.807) is 18.5 Å². The van der Waals surface area contributed by atoms with Crippen molar-refractivity contribution in [1.82, 2.24) is 4.98 Å². The summed E-state index contributed by atoms with van der Waals surface area (Å²) in [6, 6.07) is 22.3. The number of anilines is 1. The lowest BCUT2D eigenvalue weighted by Gasteiger charge is -2.06. The molecule has 1 N–H and O–H groups in total. The Morgan fingerprint density at radius 3 is 2.30 bits per heavy atom. The molecule has 0 bridgehead atoms. The third-order valence-corrected chi connectivity index (χ3v) is 3.65. The summed E-state index contributed by atoms with van der Waals surface area (Å²) in [5, 5.41) is 2.85. The molecule has 1 aromatic heterocycles. The van der Waals surface area contributed by atoms with E-state index in [4.69, 9.17) is 0 Å². The number of pyridine rings is 1. The van der Waals surface area contributed by atoms with Crippen molar-refractivity contribution in [3.63, 3.8) is 0 Å². The quantitative estimate of drug-likeness (QED) is 0.762. The summed E-state index contributed by atoms with van der Waals surface area (Å²) >= 11 is 0. The summed E-state index contributed by atoms with van der Waals surface area (Å²) in [7, 11) is 0. The molecule has 0 aliphatic rings. The van der Waals surface area contributed by atoms with Gasteiger partial charge in [-0.15, -0.1) is 0 Å². The van der Waals surface area contributed by atoms with E-state index in [0.717, 1.165) is 17.7 Å². The molecule has 1 heterocycles. The van der Waals surface area contributed by atoms with Gasteiger partial charge in [0.25, 0.3) is 0 Å². The standard InChI is InChI=1S/C20H18N2O/c23-20(22-19-7-4-14-21-15-19)13-10-16-8-11-18(12-9-16)17-5-2-1-3-6-17/h1-9,11-12,14-15H,10,13H2,(H,22,23). The maximum atomic E-state index is 11.9. The lowest BCUT2D eigenvalue weighted by atomic mass is 10.0. The fourth-order valence-corrected chi connectivity index (χ4v) is 2.41. The average molecular weight is 302 g/mol. The SMILES string of the molecule is O=C(CCc1ccc(-c2ccccc2)cc1)Nc1cccnc1. The van der Waals surface area contributed by atoms with Crippen LogP contribution in [0.4, 0.5) is 5.69 Å². The molecule has 0 saturated heterocycles. The lowest BCUT2D eigenvalue weighted by Crippen LogP contribution is -2.12. The van der Waals surface area contributed by atoms with E-state index in [2.05, 4.69) is 46.7 Å². The Hall–Kier alpha value is -2.94. The summed E-state index contributed by atoms with van der Waals surface area (Å²) < 4.78 is 0. The Morgan fingerprint density at radius 2 is 1.61 bits per heavy atom. The van der Waals surface area contributed by atoms with Crippen LogP contribution in [-0.2, 0) is 11.2 Å². The molecule has 0 radical (unpaired) electrons. The van der Waals surface area contributed by atoms with E-state index in [1.807, 2.05) is 24.3 Å². The fourth-order valence-electron chi connectivity index (χ4n) is 2.41. The largest absolute Gasteiger partial charge is 0.325 e. The van der Waals surface area contributed by atoms with Crippen LogP contribution < -0.4 is 5.32 Å². The molecule has 0 atom stereocenters. The molecule has 0 aliphatic heterocycles. The first-order chi connectivity index (χ1) is 11.3. The van der Waals surface area contributed by atoms with Crippen molar-refractivity contribution in [2.75, 3.05) is 5.32 Å². The first-order valence-electron chi connectivity index (χ1n) is 7.65. The molecule has 0 unspecified atom stereocenters. The fraction of sp³-hybridized carbons (Fsp3) is 0.100. The number of rotatable bonds is 5. The van der Waals surface area contributed by atoms with Crippen LogP contribution in [0.3, 0.4) is 0 Å². The zero-order valence-electron chi connectivity index (χ0n) is 12.8. The van der Waals surface area contributed by atoms with Crippen molar-refractivity contribution in [2.24, 2.45) is 0 Å². The molecule has 23 heavy (non-hydrogen) atoms. The van der Waals surface area contributed by atoms with Gasteiger partial charge in [0.15, 0.2) is 0 Å². The second kappa shape index (κ2) is 7.36. The molecule has 2 aromatic carbocycles.